The highest BCUT2D eigenvalue weighted by Crippen LogP contribution is 2.20. The monoisotopic (exact) mass is 469 g/mol. The predicted molar refractivity (Wildman–Crippen MR) is 123 cm³/mol. The molecular formula is C22H23N5O5S. The molecule has 172 valence electrons. The first-order chi connectivity index (χ1) is 15.8. The average Bonchev–Trinajstić information content (AvgIpc) is 3.03. The van der Waals surface area contributed by atoms with Crippen LogP contribution in [0.15, 0.2) is 48.8 Å². The van der Waals surface area contributed by atoms with E-state index < -0.39 is 23.8 Å². The highest BCUT2D eigenvalue weighted by molar-refractivity contribution is 7.80. The van der Waals surface area contributed by atoms with Gasteiger partial charge >= 0.3 is 5.97 Å². The Kier molecular flexibility index (Phi) is 7.67. The largest absolute Gasteiger partial charge is 0.462 e. The van der Waals surface area contributed by atoms with E-state index in [9.17, 15) is 19.2 Å². The summed E-state index contributed by atoms with van der Waals surface area (Å²) in [5.41, 5.74) is 3.76. The second kappa shape index (κ2) is 10.6. The van der Waals surface area contributed by atoms with Gasteiger partial charge in [-0.15, -0.1) is 0 Å². The first-order valence-electron chi connectivity index (χ1n) is 10.3. The lowest BCUT2D eigenvalue weighted by Crippen LogP contribution is -2.49. The Morgan fingerprint density at radius 3 is 2.33 bits per heavy atom. The Morgan fingerprint density at radius 1 is 1.06 bits per heavy atom. The van der Waals surface area contributed by atoms with Crippen LogP contribution in [0.2, 0.25) is 0 Å². The fraction of sp³-hybridized carbons (Fsp3) is 0.273. The van der Waals surface area contributed by atoms with Crippen molar-refractivity contribution in [3.8, 4) is 0 Å². The number of carbonyl (C=O) groups excluding carboxylic acids is 4. The lowest BCUT2D eigenvalue weighted by atomic mass is 10.1. The van der Waals surface area contributed by atoms with Crippen molar-refractivity contribution >= 4 is 46.7 Å². The first-order valence-corrected chi connectivity index (χ1v) is 10.7. The number of anilines is 1. The highest BCUT2D eigenvalue weighted by Gasteiger charge is 2.43. The molecule has 0 radical (unpaired) electrons. The molecule has 33 heavy (non-hydrogen) atoms. The lowest BCUT2D eigenvalue weighted by molar-refractivity contribution is -0.130. The Balaban J connectivity index is 1.70. The maximum absolute atomic E-state index is 12.8. The van der Waals surface area contributed by atoms with Crippen molar-refractivity contribution in [1.82, 2.24) is 20.3 Å². The van der Waals surface area contributed by atoms with Crippen LogP contribution in [0.25, 0.3) is 0 Å². The molecule has 1 aliphatic rings. The number of aromatic nitrogens is 1. The predicted octanol–water partition coefficient (Wildman–Crippen LogP) is 1.75. The van der Waals surface area contributed by atoms with Gasteiger partial charge in [0.2, 0.25) is 5.91 Å². The molecule has 0 bridgehead atoms. The van der Waals surface area contributed by atoms with E-state index in [4.69, 9.17) is 17.0 Å². The zero-order valence-electron chi connectivity index (χ0n) is 18.1. The number of rotatable bonds is 8. The summed E-state index contributed by atoms with van der Waals surface area (Å²) in [6.07, 6.45) is 2.70. The van der Waals surface area contributed by atoms with Gasteiger partial charge in [0.05, 0.1) is 18.6 Å². The quantitative estimate of drug-likeness (QED) is 0.443. The van der Waals surface area contributed by atoms with Crippen molar-refractivity contribution in [2.75, 3.05) is 18.5 Å². The number of hydrazine groups is 1. The molecule has 2 aromatic rings. The van der Waals surface area contributed by atoms with Crippen molar-refractivity contribution in [3.63, 3.8) is 0 Å². The Hall–Kier alpha value is -3.86. The van der Waals surface area contributed by atoms with Crippen LogP contribution >= 0.6 is 12.2 Å². The molecule has 1 aliphatic heterocycles. The molecule has 1 atom stereocenters. The van der Waals surface area contributed by atoms with Gasteiger partial charge in [0, 0.05) is 30.2 Å². The number of nitrogens with zero attached hydrogens (tertiary/aromatic N) is 3. The summed E-state index contributed by atoms with van der Waals surface area (Å²) >= 11 is 5.35. The third-order valence-electron chi connectivity index (χ3n) is 4.84. The van der Waals surface area contributed by atoms with Crippen molar-refractivity contribution in [2.45, 2.75) is 26.3 Å². The van der Waals surface area contributed by atoms with E-state index in [-0.39, 0.29) is 24.0 Å². The number of thiocarbonyl (C=S) groups is 1. The van der Waals surface area contributed by atoms with Crippen molar-refractivity contribution in [2.24, 2.45) is 0 Å². The Bertz CT molecular complexity index is 1060. The number of likely N-dealkylation sites (N-methyl/N-ethyl adjacent to an activating group) is 1. The van der Waals surface area contributed by atoms with Gasteiger partial charge in [-0.1, -0.05) is 0 Å². The van der Waals surface area contributed by atoms with Crippen LogP contribution in [0.1, 0.15) is 41.0 Å². The minimum atomic E-state index is -0.998. The van der Waals surface area contributed by atoms with Crippen LogP contribution in [0, 0.1) is 0 Å². The third-order valence-corrected chi connectivity index (χ3v) is 5.26. The second-order valence-electron chi connectivity index (χ2n) is 6.98. The fourth-order valence-corrected chi connectivity index (χ4v) is 3.60. The molecule has 0 saturated carbocycles. The van der Waals surface area contributed by atoms with E-state index in [1.54, 1.807) is 26.0 Å². The van der Waals surface area contributed by atoms with Crippen LogP contribution in [0.3, 0.4) is 0 Å². The summed E-state index contributed by atoms with van der Waals surface area (Å²) < 4.78 is 4.93. The molecule has 1 fully saturated rings. The minimum absolute atomic E-state index is 0.112. The van der Waals surface area contributed by atoms with Gasteiger partial charge in [-0.2, -0.15) is 0 Å². The topological polar surface area (TPSA) is 121 Å². The molecule has 3 amide bonds. The molecule has 1 aromatic carbocycles. The second-order valence-corrected chi connectivity index (χ2v) is 7.34. The fourth-order valence-electron chi connectivity index (χ4n) is 3.21. The molecule has 11 heteroatoms. The summed E-state index contributed by atoms with van der Waals surface area (Å²) in [5.74, 6) is -1.78. The van der Waals surface area contributed by atoms with Gasteiger partial charge in [-0.05, 0) is 62.5 Å². The summed E-state index contributed by atoms with van der Waals surface area (Å²) in [7, 11) is 0. The number of carbonyl (C=O) groups is 4. The van der Waals surface area contributed by atoms with Gasteiger partial charge in [-0.25, -0.2) is 9.80 Å². The molecular weight excluding hydrogens is 446 g/mol. The maximum Gasteiger partial charge on any atom is 0.338 e. The van der Waals surface area contributed by atoms with Crippen LogP contribution < -0.4 is 10.7 Å². The molecule has 1 unspecified atom stereocenters. The number of amides is 3. The number of esters is 1. The first kappa shape index (κ1) is 23.8. The van der Waals surface area contributed by atoms with E-state index >= 15 is 0 Å². The smallest absolute Gasteiger partial charge is 0.338 e. The normalized spacial score (nSPS) is 15.4. The van der Waals surface area contributed by atoms with Gasteiger partial charge in [0.15, 0.2) is 5.11 Å². The zero-order valence-corrected chi connectivity index (χ0v) is 18.9. The number of benzene rings is 1. The summed E-state index contributed by atoms with van der Waals surface area (Å²) in [4.78, 5) is 55.1. The van der Waals surface area contributed by atoms with Crippen molar-refractivity contribution in [1.29, 1.82) is 0 Å². The van der Waals surface area contributed by atoms with Gasteiger partial charge in [0.25, 0.3) is 11.8 Å². The van der Waals surface area contributed by atoms with Crippen molar-refractivity contribution < 1.29 is 23.9 Å². The standard InChI is InChI=1S/C22H23N5O5S/c1-3-26-20(30)17(27(22(26)33)25-19(29)14-9-11-23-12-10-14)13-18(28)24-16-7-5-15(6-8-16)21(31)32-4-2/h5-12,17H,3-4,13H2,1-2H3,(H,24,28)(H,25,29). The SMILES string of the molecule is CCOC(=O)c1ccc(NC(=O)CC2C(=O)N(CC)C(=S)N2NC(=O)c2ccncc2)cc1. The molecule has 0 aliphatic carbocycles. The number of ether oxygens (including phenoxy) is 1. The van der Waals surface area contributed by atoms with Gasteiger partial charge < -0.3 is 10.1 Å². The lowest BCUT2D eigenvalue weighted by Gasteiger charge is -2.24. The molecule has 1 saturated heterocycles. The van der Waals surface area contributed by atoms with Gasteiger partial charge in [0.1, 0.15) is 6.04 Å². The molecule has 1 aromatic heterocycles. The number of hydrogen-bond acceptors (Lipinski definition) is 7. The van der Waals surface area contributed by atoms with E-state index in [0.29, 0.717) is 23.4 Å². The third kappa shape index (κ3) is 5.50. The summed E-state index contributed by atoms with van der Waals surface area (Å²) in [5, 5.41) is 4.04. The molecule has 3 rings (SSSR count). The number of pyridine rings is 1. The van der Waals surface area contributed by atoms with E-state index in [2.05, 4.69) is 15.7 Å². The van der Waals surface area contributed by atoms with E-state index in [1.807, 2.05) is 0 Å². The molecule has 0 spiro atoms. The summed E-state index contributed by atoms with van der Waals surface area (Å²) in [6, 6.07) is 8.24. The average molecular weight is 470 g/mol. The summed E-state index contributed by atoms with van der Waals surface area (Å²) in [6.45, 7) is 4.02. The molecule has 2 heterocycles. The number of nitrogens with one attached hydrogen (secondary N) is 2. The number of hydrogen-bond donors (Lipinski definition) is 2. The van der Waals surface area contributed by atoms with Crippen LogP contribution in [-0.4, -0.2) is 62.9 Å². The van der Waals surface area contributed by atoms with Crippen molar-refractivity contribution in [3.05, 3.63) is 59.9 Å². The minimum Gasteiger partial charge on any atom is -0.462 e. The van der Waals surface area contributed by atoms with E-state index in [0.717, 1.165) is 0 Å². The van der Waals surface area contributed by atoms with Crippen LogP contribution in [0.4, 0.5) is 5.69 Å². The maximum atomic E-state index is 12.8. The van der Waals surface area contributed by atoms with Crippen LogP contribution in [-0.2, 0) is 14.3 Å². The Morgan fingerprint density at radius 2 is 1.73 bits per heavy atom. The zero-order chi connectivity index (χ0) is 24.0. The highest BCUT2D eigenvalue weighted by atomic mass is 32.1. The van der Waals surface area contributed by atoms with E-state index in [1.165, 1.54) is 46.6 Å². The molecule has 2 N–H and O–H groups in total. The van der Waals surface area contributed by atoms with Crippen LogP contribution in [0.5, 0.6) is 0 Å². The molecule has 10 nitrogen and oxygen atoms in total. The Labute approximate surface area is 195 Å². The van der Waals surface area contributed by atoms with Gasteiger partial charge in [-0.3, -0.25) is 29.7 Å².